The molecule has 0 bridgehead atoms. The number of aliphatic carboxylic acids is 1. The fourth-order valence-electron chi connectivity index (χ4n) is 4.61. The van der Waals surface area contributed by atoms with Crippen molar-refractivity contribution < 1.29 is 23.9 Å². The molecule has 41 heavy (non-hydrogen) atoms. The third-order valence-electron chi connectivity index (χ3n) is 7.88. The van der Waals surface area contributed by atoms with E-state index in [1.54, 1.807) is 0 Å². The monoisotopic (exact) mass is 571 g/mol. The molecule has 4 atom stereocenters. The highest BCUT2D eigenvalue weighted by Gasteiger charge is 2.47. The van der Waals surface area contributed by atoms with Crippen molar-refractivity contribution >= 4 is 27.9 Å². The van der Waals surface area contributed by atoms with E-state index in [-0.39, 0.29) is 18.1 Å². The summed E-state index contributed by atoms with van der Waals surface area (Å²) < 4.78 is 13.6. The zero-order valence-electron chi connectivity index (χ0n) is 24.7. The number of benzene rings is 3. The van der Waals surface area contributed by atoms with Crippen LogP contribution in [0.2, 0.25) is 18.1 Å². The summed E-state index contributed by atoms with van der Waals surface area (Å²) in [5.41, 5.74) is 2.75. The highest BCUT2D eigenvalue weighted by atomic mass is 28.4. The summed E-state index contributed by atoms with van der Waals surface area (Å²) in [4.78, 5) is 25.4. The molecule has 6 nitrogen and oxygen atoms in total. The lowest BCUT2D eigenvalue weighted by molar-refractivity contribution is -0.154. The standard InChI is InChI=1S/C33H42BNO5Si/c1-33(2,3)41(4,5)40-30(28(35-32(34)38)22-25-17-11-7-12-18-25)29(39-23-26-19-13-8-14-20-26)27(31(36)37)21-24-15-9-6-10-16-24/h6-20,27-30H,21-23H2,1-5H3,(H,35,38)(H,36,37)/t27-,28+,29-,30-/m0/s1. The lowest BCUT2D eigenvalue weighted by atomic mass is 9.86. The van der Waals surface area contributed by atoms with Gasteiger partial charge in [-0.15, -0.1) is 0 Å². The lowest BCUT2D eigenvalue weighted by Crippen LogP contribution is -2.59. The highest BCUT2D eigenvalue weighted by Crippen LogP contribution is 2.39. The van der Waals surface area contributed by atoms with Crippen LogP contribution in [0.25, 0.3) is 0 Å². The normalized spacial score (nSPS) is 15.0. The molecule has 2 N–H and O–H groups in total. The van der Waals surface area contributed by atoms with Crippen LogP contribution in [0.5, 0.6) is 0 Å². The van der Waals surface area contributed by atoms with E-state index in [9.17, 15) is 14.7 Å². The molecule has 0 spiro atoms. The first-order valence-corrected chi connectivity index (χ1v) is 17.0. The maximum absolute atomic E-state index is 13.0. The molecule has 0 aromatic heterocycles. The van der Waals surface area contributed by atoms with E-state index in [2.05, 4.69) is 39.2 Å². The number of nitrogens with one attached hydrogen (secondary N) is 1. The zero-order valence-corrected chi connectivity index (χ0v) is 25.7. The second-order valence-corrected chi connectivity index (χ2v) is 16.8. The van der Waals surface area contributed by atoms with Crippen molar-refractivity contribution in [2.45, 2.75) is 76.6 Å². The summed E-state index contributed by atoms with van der Waals surface area (Å²) >= 11 is 0. The van der Waals surface area contributed by atoms with Crippen LogP contribution in [0.1, 0.15) is 37.5 Å². The number of rotatable bonds is 14. The van der Waals surface area contributed by atoms with Gasteiger partial charge >= 0.3 is 5.97 Å². The Labute approximate surface area is 247 Å². The Morgan fingerprint density at radius 2 is 1.27 bits per heavy atom. The Morgan fingerprint density at radius 1 is 0.805 bits per heavy atom. The molecule has 2 radical (unpaired) electrons. The fraction of sp³-hybridized carbons (Fsp3) is 0.394. The Balaban J connectivity index is 2.14. The van der Waals surface area contributed by atoms with Gasteiger partial charge in [-0.3, -0.25) is 9.59 Å². The van der Waals surface area contributed by atoms with Gasteiger partial charge in [-0.1, -0.05) is 112 Å². The average molecular weight is 572 g/mol. The SMILES string of the molecule is [B]C(=O)N[C@H](Cc1ccccc1)[C@H](O[Si](C)(C)C(C)(C)C)[C@@H](OCc1ccccc1)[C@H](Cc1ccccc1)C(=O)O. The number of hydrogen-bond acceptors (Lipinski definition) is 4. The molecule has 3 aromatic rings. The van der Waals surface area contributed by atoms with Crippen LogP contribution in [0.3, 0.4) is 0 Å². The number of amides is 1. The Morgan fingerprint density at radius 3 is 1.71 bits per heavy atom. The number of carbonyl (C=O) groups is 2. The van der Waals surface area contributed by atoms with Crippen LogP contribution >= 0.6 is 0 Å². The molecule has 1 amide bonds. The number of carboxylic acids is 1. The van der Waals surface area contributed by atoms with E-state index < -0.39 is 44.3 Å². The Kier molecular flexibility index (Phi) is 11.5. The van der Waals surface area contributed by atoms with E-state index in [1.807, 2.05) is 91.0 Å². The van der Waals surface area contributed by atoms with Gasteiger partial charge in [0.15, 0.2) is 14.1 Å². The van der Waals surface area contributed by atoms with Crippen LogP contribution in [0.4, 0.5) is 4.79 Å². The molecule has 8 heteroatoms. The fourth-order valence-corrected chi connectivity index (χ4v) is 5.95. The van der Waals surface area contributed by atoms with Crippen LogP contribution in [0, 0.1) is 5.92 Å². The van der Waals surface area contributed by atoms with Gasteiger partial charge in [-0.2, -0.15) is 0 Å². The highest BCUT2D eigenvalue weighted by molar-refractivity contribution is 6.74. The second kappa shape index (κ2) is 14.6. The number of carbonyl (C=O) groups excluding carboxylic acids is 1. The molecule has 0 aliphatic heterocycles. The molecular weight excluding hydrogens is 529 g/mol. The Bertz CT molecular complexity index is 1230. The van der Waals surface area contributed by atoms with Gasteiger partial charge in [0.2, 0.25) is 7.85 Å². The van der Waals surface area contributed by atoms with E-state index in [1.165, 1.54) is 0 Å². The molecule has 0 aliphatic carbocycles. The maximum Gasteiger partial charge on any atom is 0.309 e. The molecular formula is C33H42BNO5Si. The van der Waals surface area contributed by atoms with Crippen molar-refractivity contribution in [3.8, 4) is 0 Å². The molecule has 0 unspecified atom stereocenters. The first-order chi connectivity index (χ1) is 19.4. The summed E-state index contributed by atoms with van der Waals surface area (Å²) in [5.74, 6) is -2.65. The Hall–Kier alpha value is -3.20. The molecule has 0 aliphatic rings. The van der Waals surface area contributed by atoms with Crippen LogP contribution in [-0.2, 0) is 33.4 Å². The second-order valence-electron chi connectivity index (χ2n) is 12.0. The van der Waals surface area contributed by atoms with Gasteiger partial charge in [0, 0.05) is 0 Å². The van der Waals surface area contributed by atoms with Crippen molar-refractivity contribution in [2.24, 2.45) is 5.92 Å². The molecule has 0 saturated heterocycles. The maximum atomic E-state index is 13.0. The van der Waals surface area contributed by atoms with Gasteiger partial charge in [-0.25, -0.2) is 0 Å². The van der Waals surface area contributed by atoms with E-state index in [0.717, 1.165) is 16.7 Å². The largest absolute Gasteiger partial charge is 0.481 e. The zero-order chi connectivity index (χ0) is 30.0. The minimum absolute atomic E-state index is 0.183. The summed E-state index contributed by atoms with van der Waals surface area (Å²) in [6, 6.07) is 28.2. The first kappa shape index (κ1) is 32.3. The predicted octanol–water partition coefficient (Wildman–Crippen LogP) is 6.40. The summed E-state index contributed by atoms with van der Waals surface area (Å²) in [5, 5.41) is 13.3. The molecule has 3 aromatic carbocycles. The molecule has 3 rings (SSSR count). The van der Waals surface area contributed by atoms with Crippen LogP contribution in [0.15, 0.2) is 91.0 Å². The van der Waals surface area contributed by atoms with Crippen molar-refractivity contribution in [3.63, 3.8) is 0 Å². The van der Waals surface area contributed by atoms with Gasteiger partial charge in [0.05, 0.1) is 30.8 Å². The first-order valence-electron chi connectivity index (χ1n) is 14.1. The molecule has 0 heterocycles. The summed E-state index contributed by atoms with van der Waals surface area (Å²) in [6.45, 7) is 10.8. The molecule has 216 valence electrons. The van der Waals surface area contributed by atoms with Crippen molar-refractivity contribution in [2.75, 3.05) is 0 Å². The molecule has 0 saturated carbocycles. The van der Waals surface area contributed by atoms with Crippen molar-refractivity contribution in [1.82, 2.24) is 5.32 Å². The quantitative estimate of drug-likeness (QED) is 0.219. The van der Waals surface area contributed by atoms with E-state index >= 15 is 0 Å². The van der Waals surface area contributed by atoms with Crippen LogP contribution < -0.4 is 5.32 Å². The number of hydrogen-bond donors (Lipinski definition) is 2. The topological polar surface area (TPSA) is 84.9 Å². The smallest absolute Gasteiger partial charge is 0.309 e. The summed E-state index contributed by atoms with van der Waals surface area (Å²) in [7, 11) is 3.20. The molecule has 0 fully saturated rings. The van der Waals surface area contributed by atoms with Gasteiger partial charge in [0.1, 0.15) is 0 Å². The third-order valence-corrected chi connectivity index (χ3v) is 12.4. The third kappa shape index (κ3) is 9.70. The number of carboxylic acid groups (broad SMARTS) is 1. The van der Waals surface area contributed by atoms with Crippen molar-refractivity contribution in [1.29, 1.82) is 0 Å². The van der Waals surface area contributed by atoms with Gasteiger partial charge < -0.3 is 19.6 Å². The van der Waals surface area contributed by atoms with E-state index in [4.69, 9.17) is 17.0 Å². The predicted molar refractivity (Wildman–Crippen MR) is 167 cm³/mol. The minimum Gasteiger partial charge on any atom is -0.481 e. The minimum atomic E-state index is -2.51. The number of ether oxygens (including phenoxy) is 1. The van der Waals surface area contributed by atoms with E-state index in [0.29, 0.717) is 6.42 Å². The average Bonchev–Trinajstić information content (AvgIpc) is 2.92. The lowest BCUT2D eigenvalue weighted by Gasteiger charge is -2.45. The summed E-state index contributed by atoms with van der Waals surface area (Å²) in [6.07, 6.45) is -1.06. The van der Waals surface area contributed by atoms with Gasteiger partial charge in [-0.05, 0) is 47.7 Å². The van der Waals surface area contributed by atoms with Crippen LogP contribution in [-0.4, -0.2) is 51.3 Å². The van der Waals surface area contributed by atoms with Crippen molar-refractivity contribution in [3.05, 3.63) is 108 Å². The van der Waals surface area contributed by atoms with Gasteiger partial charge in [0.25, 0.3) is 0 Å².